The molecule has 0 aliphatic heterocycles. The molecule has 0 saturated carbocycles. The van der Waals surface area contributed by atoms with Gasteiger partial charge in [0.2, 0.25) is 0 Å². The molecular weight excluding hydrogens is 534 g/mol. The Kier molecular flexibility index (Phi) is 6.47. The summed E-state index contributed by atoms with van der Waals surface area (Å²) < 4.78 is 2.35. The van der Waals surface area contributed by atoms with Crippen molar-refractivity contribution in [2.75, 3.05) is 5.32 Å². The van der Waals surface area contributed by atoms with Crippen molar-refractivity contribution in [3.05, 3.63) is 170 Å². The quantitative estimate of drug-likeness (QED) is 0.218. The molecule has 0 bridgehead atoms. The second-order valence-corrected chi connectivity index (χ2v) is 10.9. The molecule has 0 saturated heterocycles. The van der Waals surface area contributed by atoms with Crippen molar-refractivity contribution in [1.29, 1.82) is 0 Å². The van der Waals surface area contributed by atoms with E-state index in [-0.39, 0.29) is 0 Å². The molecule has 0 atom stereocenters. The van der Waals surface area contributed by atoms with Gasteiger partial charge in [0.1, 0.15) is 0 Å². The van der Waals surface area contributed by atoms with E-state index in [0.717, 1.165) is 39.6 Å². The lowest BCUT2D eigenvalue weighted by atomic mass is 10.0. The van der Waals surface area contributed by atoms with Crippen molar-refractivity contribution in [2.45, 2.75) is 0 Å². The van der Waals surface area contributed by atoms with Crippen molar-refractivity contribution >= 4 is 33.2 Å². The minimum atomic E-state index is 0.935. The van der Waals surface area contributed by atoms with Crippen LogP contribution in [-0.2, 0) is 0 Å². The van der Waals surface area contributed by atoms with Gasteiger partial charge >= 0.3 is 0 Å². The van der Waals surface area contributed by atoms with Crippen LogP contribution in [0.5, 0.6) is 0 Å². The van der Waals surface area contributed by atoms with Gasteiger partial charge in [-0.05, 0) is 60.2 Å². The summed E-state index contributed by atoms with van der Waals surface area (Å²) in [6.45, 7) is 0. The van der Waals surface area contributed by atoms with Crippen molar-refractivity contribution < 1.29 is 0 Å². The number of fused-ring (bicyclic) bond motifs is 3. The first-order valence-corrected chi connectivity index (χ1v) is 14.9. The second-order valence-electron chi connectivity index (χ2n) is 10.9. The zero-order valence-corrected chi connectivity index (χ0v) is 24.1. The summed E-state index contributed by atoms with van der Waals surface area (Å²) in [4.78, 5) is 5.14. The fourth-order valence-corrected chi connectivity index (χ4v) is 6.13. The molecule has 0 aliphatic carbocycles. The monoisotopic (exact) mass is 563 g/mol. The molecule has 0 unspecified atom stereocenters. The smallest absolute Gasteiger partial charge is 0.0710 e. The van der Waals surface area contributed by atoms with Gasteiger partial charge in [0.15, 0.2) is 0 Å². The minimum absolute atomic E-state index is 0.935. The molecule has 6 aromatic carbocycles. The Hall–Kier alpha value is -5.93. The molecule has 0 radical (unpaired) electrons. The van der Waals surface area contributed by atoms with Gasteiger partial charge in [-0.3, -0.25) is 0 Å². The van der Waals surface area contributed by atoms with Crippen LogP contribution in [0.15, 0.2) is 170 Å². The summed E-state index contributed by atoms with van der Waals surface area (Å²) in [6, 6.07) is 59.5. The molecule has 8 aromatic rings. The number of rotatable bonds is 6. The molecule has 0 aliphatic rings. The molecule has 0 amide bonds. The van der Waals surface area contributed by atoms with Crippen LogP contribution < -0.4 is 5.32 Å². The van der Waals surface area contributed by atoms with E-state index < -0.39 is 0 Å². The Morgan fingerprint density at radius 3 is 1.75 bits per heavy atom. The average Bonchev–Trinajstić information content (AvgIpc) is 3.44. The van der Waals surface area contributed by atoms with Gasteiger partial charge in [-0.25, -0.2) is 4.98 Å². The molecule has 0 spiro atoms. The lowest BCUT2D eigenvalue weighted by molar-refractivity contribution is 1.18. The van der Waals surface area contributed by atoms with Gasteiger partial charge in [-0.2, -0.15) is 0 Å². The lowest BCUT2D eigenvalue weighted by Crippen LogP contribution is -1.95. The third kappa shape index (κ3) is 4.71. The number of nitrogens with one attached hydrogen (secondary N) is 1. The zero-order valence-electron chi connectivity index (χ0n) is 24.1. The first-order valence-electron chi connectivity index (χ1n) is 14.9. The highest BCUT2D eigenvalue weighted by molar-refractivity contribution is 6.09. The number of benzene rings is 6. The number of hydrogen-bond donors (Lipinski definition) is 1. The Morgan fingerprint density at radius 2 is 1.00 bits per heavy atom. The largest absolute Gasteiger partial charge is 0.355 e. The predicted molar refractivity (Wildman–Crippen MR) is 185 cm³/mol. The van der Waals surface area contributed by atoms with Crippen LogP contribution in [0.2, 0.25) is 0 Å². The highest BCUT2D eigenvalue weighted by Crippen LogP contribution is 2.34. The van der Waals surface area contributed by atoms with Crippen LogP contribution in [0.3, 0.4) is 0 Å². The van der Waals surface area contributed by atoms with E-state index in [4.69, 9.17) is 4.98 Å². The van der Waals surface area contributed by atoms with E-state index >= 15 is 0 Å². The minimum Gasteiger partial charge on any atom is -0.355 e. The van der Waals surface area contributed by atoms with Crippen molar-refractivity contribution in [2.24, 2.45) is 0 Å². The summed E-state index contributed by atoms with van der Waals surface area (Å²) >= 11 is 0. The number of anilines is 2. The maximum Gasteiger partial charge on any atom is 0.0710 e. The fourth-order valence-electron chi connectivity index (χ4n) is 6.13. The van der Waals surface area contributed by atoms with Crippen LogP contribution >= 0.6 is 0 Å². The number of pyridine rings is 1. The summed E-state index contributed by atoms with van der Waals surface area (Å²) in [7, 11) is 0. The summed E-state index contributed by atoms with van der Waals surface area (Å²) in [5.74, 6) is 0. The van der Waals surface area contributed by atoms with E-state index in [0.29, 0.717) is 0 Å². The molecule has 44 heavy (non-hydrogen) atoms. The van der Waals surface area contributed by atoms with E-state index in [2.05, 4.69) is 174 Å². The normalized spacial score (nSPS) is 11.2. The molecule has 8 rings (SSSR count). The lowest BCUT2D eigenvalue weighted by Gasteiger charge is -2.14. The topological polar surface area (TPSA) is 29.9 Å². The van der Waals surface area contributed by atoms with Gasteiger partial charge in [0.05, 0.1) is 22.4 Å². The Bertz CT molecular complexity index is 2210. The first-order chi connectivity index (χ1) is 21.8. The van der Waals surface area contributed by atoms with Crippen molar-refractivity contribution in [1.82, 2.24) is 9.55 Å². The van der Waals surface area contributed by atoms with E-state index in [9.17, 15) is 0 Å². The highest BCUT2D eigenvalue weighted by Gasteiger charge is 2.13. The summed E-state index contributed by atoms with van der Waals surface area (Å²) in [6.07, 6.45) is 0. The van der Waals surface area contributed by atoms with Crippen LogP contribution in [0.25, 0.3) is 61.1 Å². The van der Waals surface area contributed by atoms with Crippen LogP contribution in [0, 0.1) is 0 Å². The molecule has 3 nitrogen and oxygen atoms in total. The third-order valence-corrected chi connectivity index (χ3v) is 8.18. The summed E-state index contributed by atoms with van der Waals surface area (Å²) in [5, 5.41) is 6.16. The van der Waals surface area contributed by atoms with Crippen LogP contribution in [0.1, 0.15) is 0 Å². The molecule has 0 fully saturated rings. The van der Waals surface area contributed by atoms with Crippen LogP contribution in [0.4, 0.5) is 11.4 Å². The SMILES string of the molecule is c1ccc(-c2ccccc2Nc2cccc(-c3cccc(-c4cccc(-n5c6ccccc6c6ccccc65)c4)n3)c2)cc1. The third-order valence-electron chi connectivity index (χ3n) is 8.18. The first kappa shape index (κ1) is 25.8. The summed E-state index contributed by atoms with van der Waals surface area (Å²) in [5.41, 5.74) is 12.0. The van der Waals surface area contributed by atoms with E-state index in [1.54, 1.807) is 0 Å². The molecule has 3 heteroatoms. The fraction of sp³-hybridized carbons (Fsp3) is 0. The highest BCUT2D eigenvalue weighted by atomic mass is 15.0. The molecule has 2 heterocycles. The number of nitrogens with zero attached hydrogens (tertiary/aromatic N) is 2. The molecule has 2 aromatic heterocycles. The van der Waals surface area contributed by atoms with Crippen LogP contribution in [-0.4, -0.2) is 9.55 Å². The van der Waals surface area contributed by atoms with Gasteiger partial charge < -0.3 is 9.88 Å². The van der Waals surface area contributed by atoms with Crippen molar-refractivity contribution in [3.63, 3.8) is 0 Å². The van der Waals surface area contributed by atoms with Gasteiger partial charge in [-0.15, -0.1) is 0 Å². The maximum absolute atomic E-state index is 5.14. The van der Waals surface area contributed by atoms with Gasteiger partial charge in [0, 0.05) is 44.5 Å². The zero-order chi connectivity index (χ0) is 29.3. The number of aromatic nitrogens is 2. The molecular formula is C41H29N3. The van der Waals surface area contributed by atoms with E-state index in [1.807, 2.05) is 6.07 Å². The maximum atomic E-state index is 5.14. The van der Waals surface area contributed by atoms with Gasteiger partial charge in [0.25, 0.3) is 0 Å². The Morgan fingerprint density at radius 1 is 0.432 bits per heavy atom. The second kappa shape index (κ2) is 11.0. The average molecular weight is 564 g/mol. The Labute approximate surface area is 256 Å². The Balaban J connectivity index is 1.14. The van der Waals surface area contributed by atoms with Crippen molar-refractivity contribution in [3.8, 4) is 39.3 Å². The standard InChI is InChI=1S/C41H29N3/c1-2-13-29(14-3-1)34-19-4-7-22-39(34)42-32-17-10-15-30(27-32)37-23-12-24-38(43-37)31-16-11-18-33(28-31)44-40-25-8-5-20-35(40)36-21-6-9-26-41(36)44/h1-28,42H. The molecule has 1 N–H and O–H groups in total. The molecule has 208 valence electrons. The number of para-hydroxylation sites is 3. The van der Waals surface area contributed by atoms with E-state index in [1.165, 1.54) is 32.9 Å². The predicted octanol–water partition coefficient (Wildman–Crippen LogP) is 10.9. The van der Waals surface area contributed by atoms with Gasteiger partial charge in [-0.1, -0.05) is 115 Å². The number of hydrogen-bond acceptors (Lipinski definition) is 2.